The topological polar surface area (TPSA) is 34.0 Å². The predicted molar refractivity (Wildman–Crippen MR) is 87.2 cm³/mol. The molecular formula is C15H10N2OS2. The van der Waals surface area contributed by atoms with Gasteiger partial charge in [-0.1, -0.05) is 48.5 Å². The van der Waals surface area contributed by atoms with Crippen molar-refractivity contribution in [3.63, 3.8) is 0 Å². The van der Waals surface area contributed by atoms with Crippen molar-refractivity contribution >= 4 is 36.6 Å². The number of aliphatic imine (C=N–C) groups is 2. The van der Waals surface area contributed by atoms with Crippen LogP contribution in [0.5, 0.6) is 0 Å². The minimum atomic E-state index is -0.403. The van der Waals surface area contributed by atoms with Crippen molar-refractivity contribution in [2.75, 3.05) is 0 Å². The van der Waals surface area contributed by atoms with E-state index >= 15 is 0 Å². The van der Waals surface area contributed by atoms with Gasteiger partial charge in [0.1, 0.15) is 14.8 Å². The first kappa shape index (κ1) is 11.9. The lowest BCUT2D eigenvalue weighted by Gasteiger charge is -2.05. The summed E-state index contributed by atoms with van der Waals surface area (Å²) in [7, 11) is 1.23. The van der Waals surface area contributed by atoms with Gasteiger partial charge >= 0.3 is 0 Å². The van der Waals surface area contributed by atoms with Crippen LogP contribution in [-0.2, 0) is 4.18 Å². The molecule has 0 aliphatic carbocycles. The smallest absolute Gasteiger partial charge is 0.238 e. The van der Waals surface area contributed by atoms with Crippen LogP contribution in [0.3, 0.4) is 0 Å². The minimum Gasteiger partial charge on any atom is -0.399 e. The monoisotopic (exact) mass is 298 g/mol. The number of rotatable bonds is 2. The molecule has 0 fully saturated rings. The van der Waals surface area contributed by atoms with E-state index in [9.17, 15) is 0 Å². The van der Waals surface area contributed by atoms with E-state index in [2.05, 4.69) is 22.1 Å². The van der Waals surface area contributed by atoms with Crippen LogP contribution in [0, 0.1) is 0 Å². The van der Waals surface area contributed by atoms with Crippen molar-refractivity contribution in [2.24, 2.45) is 9.98 Å². The Kier molecular flexibility index (Phi) is 2.94. The fourth-order valence-corrected chi connectivity index (χ4v) is 4.85. The maximum Gasteiger partial charge on any atom is 0.238 e. The quantitative estimate of drug-likeness (QED) is 0.623. The van der Waals surface area contributed by atoms with E-state index in [-0.39, 0.29) is 0 Å². The summed E-state index contributed by atoms with van der Waals surface area (Å²) in [6, 6.07) is 20.1. The molecule has 0 aromatic heterocycles. The summed E-state index contributed by atoms with van der Waals surface area (Å²) in [6.07, 6.45) is 0. The molecule has 0 N–H and O–H groups in total. The lowest BCUT2D eigenvalue weighted by molar-refractivity contribution is 0.662. The lowest BCUT2D eigenvalue weighted by Crippen LogP contribution is -2.01. The molecule has 3 nitrogen and oxygen atoms in total. The molecule has 2 aromatic carbocycles. The Morgan fingerprint density at radius 1 is 0.800 bits per heavy atom. The Hall–Kier alpha value is -1.85. The van der Waals surface area contributed by atoms with Crippen LogP contribution < -0.4 is 0 Å². The van der Waals surface area contributed by atoms with Crippen LogP contribution in [0.2, 0.25) is 0 Å². The molecule has 2 aliphatic heterocycles. The largest absolute Gasteiger partial charge is 0.399 e. The second-order valence-corrected chi connectivity index (χ2v) is 7.21. The van der Waals surface area contributed by atoms with Gasteiger partial charge in [-0.3, -0.25) is 0 Å². The first-order chi connectivity index (χ1) is 9.90. The van der Waals surface area contributed by atoms with E-state index in [1.807, 2.05) is 48.5 Å². The lowest BCUT2D eigenvalue weighted by atomic mass is 10.2. The second kappa shape index (κ2) is 4.92. The normalized spacial score (nSPS) is 20.2. The zero-order chi connectivity index (χ0) is 13.4. The van der Waals surface area contributed by atoms with Crippen LogP contribution in [0.15, 0.2) is 70.6 Å². The predicted octanol–water partition coefficient (Wildman–Crippen LogP) is 3.84. The Balaban J connectivity index is 1.62. The van der Waals surface area contributed by atoms with Gasteiger partial charge in [-0.25, -0.2) is 4.99 Å². The third-order valence-electron chi connectivity index (χ3n) is 2.89. The summed E-state index contributed by atoms with van der Waals surface area (Å²) in [5.74, 6) is 0.673. The molecular weight excluding hydrogens is 288 g/mol. The molecule has 4 rings (SSSR count). The van der Waals surface area contributed by atoms with Gasteiger partial charge in [0.15, 0.2) is 0 Å². The van der Waals surface area contributed by atoms with E-state index in [1.54, 1.807) is 10.8 Å². The van der Waals surface area contributed by atoms with Crippen LogP contribution in [-0.4, -0.2) is 16.1 Å². The average molecular weight is 298 g/mol. The van der Waals surface area contributed by atoms with Crippen molar-refractivity contribution in [2.45, 2.75) is 0 Å². The summed E-state index contributed by atoms with van der Waals surface area (Å²) in [5, 5.41) is 1.77. The minimum absolute atomic E-state index is 0.403. The van der Waals surface area contributed by atoms with Crippen molar-refractivity contribution in [3.8, 4) is 0 Å². The summed E-state index contributed by atoms with van der Waals surface area (Å²) < 4.78 is 5.91. The molecule has 98 valence electrons. The highest BCUT2D eigenvalue weighted by Crippen LogP contribution is 2.45. The number of hydrogen-bond acceptors (Lipinski definition) is 4. The average Bonchev–Trinajstić information content (AvgIpc) is 3.08. The standard InChI is InChI=1S/C15H10N2OS2/c1-3-7-11(8-4-1)13-16-15-17-14(19-20(15)18-13)12-9-5-2-6-10-12/h1-10H. The molecule has 0 bridgehead atoms. The van der Waals surface area contributed by atoms with Gasteiger partial charge in [-0.15, -0.1) is 0 Å². The number of nitrogens with zero attached hydrogens (tertiary/aromatic N) is 2. The van der Waals surface area contributed by atoms with Crippen molar-refractivity contribution in [3.05, 3.63) is 71.8 Å². The maximum atomic E-state index is 5.91. The van der Waals surface area contributed by atoms with E-state index in [0.717, 1.165) is 21.3 Å². The molecule has 0 spiro atoms. The maximum absolute atomic E-state index is 5.91. The Bertz CT molecular complexity index is 688. The van der Waals surface area contributed by atoms with Crippen molar-refractivity contribution in [1.29, 1.82) is 0 Å². The van der Waals surface area contributed by atoms with E-state index < -0.39 is 9.80 Å². The summed E-state index contributed by atoms with van der Waals surface area (Å²) in [4.78, 5) is 9.10. The first-order valence-corrected chi connectivity index (χ1v) is 8.64. The number of benzene rings is 2. The van der Waals surface area contributed by atoms with Crippen LogP contribution in [0.4, 0.5) is 0 Å². The zero-order valence-corrected chi connectivity index (χ0v) is 12.0. The van der Waals surface area contributed by atoms with Gasteiger partial charge in [0.25, 0.3) is 0 Å². The number of hydrogen-bond donors (Lipinski definition) is 0. The second-order valence-electron chi connectivity index (χ2n) is 4.25. The molecule has 5 heteroatoms. The van der Waals surface area contributed by atoms with E-state index in [4.69, 9.17) is 4.18 Å². The first-order valence-electron chi connectivity index (χ1n) is 6.16. The fourth-order valence-electron chi connectivity index (χ4n) is 1.93. The van der Waals surface area contributed by atoms with Gasteiger partial charge in [0, 0.05) is 21.9 Å². The van der Waals surface area contributed by atoms with Crippen molar-refractivity contribution in [1.82, 2.24) is 0 Å². The molecule has 0 radical (unpaired) electrons. The summed E-state index contributed by atoms with van der Waals surface area (Å²) in [6.45, 7) is 0. The molecule has 0 saturated heterocycles. The van der Waals surface area contributed by atoms with E-state index in [0.29, 0.717) is 5.90 Å². The molecule has 1 unspecified atom stereocenters. The van der Waals surface area contributed by atoms with E-state index in [1.165, 1.54) is 0 Å². The van der Waals surface area contributed by atoms with Crippen LogP contribution in [0.25, 0.3) is 0 Å². The highest BCUT2D eigenvalue weighted by molar-refractivity contribution is 8.88. The Morgan fingerprint density at radius 3 is 2.10 bits per heavy atom. The van der Waals surface area contributed by atoms with Gasteiger partial charge < -0.3 is 4.18 Å². The van der Waals surface area contributed by atoms with Crippen molar-refractivity contribution < 1.29 is 4.18 Å². The van der Waals surface area contributed by atoms with Gasteiger partial charge in [0.05, 0.1) is 0 Å². The Labute approximate surface area is 123 Å². The summed E-state index contributed by atoms with van der Waals surface area (Å²) in [5.41, 5.74) is 2.12. The molecule has 2 aliphatic rings. The van der Waals surface area contributed by atoms with Gasteiger partial charge in [0.2, 0.25) is 11.0 Å². The van der Waals surface area contributed by atoms with Gasteiger partial charge in [-0.2, -0.15) is 4.99 Å². The van der Waals surface area contributed by atoms with Crippen LogP contribution >= 0.6 is 20.6 Å². The fraction of sp³-hybridized carbons (Fsp3) is 0. The molecule has 20 heavy (non-hydrogen) atoms. The zero-order valence-electron chi connectivity index (χ0n) is 10.4. The molecule has 0 saturated carbocycles. The molecule has 0 amide bonds. The third kappa shape index (κ3) is 2.09. The molecule has 2 aromatic rings. The van der Waals surface area contributed by atoms with Gasteiger partial charge in [-0.05, 0) is 12.1 Å². The highest BCUT2D eigenvalue weighted by atomic mass is 33.1. The molecule has 2 heterocycles. The van der Waals surface area contributed by atoms with Crippen LogP contribution in [0.1, 0.15) is 11.1 Å². The third-order valence-corrected chi connectivity index (χ3v) is 5.90. The molecule has 1 atom stereocenters. The summed E-state index contributed by atoms with van der Waals surface area (Å²) >= 11 is 0. The SMILES string of the molecule is c1ccc(C2=NC3=S(O2)SC(c2ccccc2)=N3)cc1. The Morgan fingerprint density at radius 2 is 1.45 bits per heavy atom. The highest BCUT2D eigenvalue weighted by Gasteiger charge is 2.28.